The number of hydrogen-bond acceptors (Lipinski definition) is 2. The van der Waals surface area contributed by atoms with Crippen LogP contribution in [0.2, 0.25) is 0 Å². The van der Waals surface area contributed by atoms with Crippen LogP contribution < -0.4 is 0 Å². The minimum absolute atomic E-state index is 0.0633. The fourth-order valence-corrected chi connectivity index (χ4v) is 1.44. The van der Waals surface area contributed by atoms with Crippen molar-refractivity contribution >= 4 is 40.6 Å². The summed E-state index contributed by atoms with van der Waals surface area (Å²) in [5, 5.41) is 7.74. The molecule has 10 heavy (non-hydrogen) atoms. The van der Waals surface area contributed by atoms with Gasteiger partial charge in [-0.05, 0) is 0 Å². The quantitative estimate of drug-likeness (QED) is 0.599. The van der Waals surface area contributed by atoms with E-state index < -0.39 is 17.3 Å². The highest BCUT2D eigenvalue weighted by atomic mass is 35.5. The maximum atomic E-state index is 10.8. The Bertz CT molecular complexity index is 211. The molecule has 2 unspecified atom stereocenters. The Morgan fingerprint density at radius 3 is 2.00 bits per heavy atom. The van der Waals surface area contributed by atoms with Gasteiger partial charge in [0, 0.05) is 0 Å². The summed E-state index contributed by atoms with van der Waals surface area (Å²) in [6, 6.07) is 0. The van der Waals surface area contributed by atoms with Crippen molar-refractivity contribution in [1.29, 1.82) is 0 Å². The van der Waals surface area contributed by atoms with Gasteiger partial charge in [-0.3, -0.25) is 4.79 Å². The molecular formula is C5H3Cl3O2. The summed E-state index contributed by atoms with van der Waals surface area (Å²) in [4.78, 5) is 10.8. The van der Waals surface area contributed by atoms with Gasteiger partial charge in [-0.1, -0.05) is 23.2 Å². The average molecular weight is 201 g/mol. The van der Waals surface area contributed by atoms with Crippen LogP contribution in [0.4, 0.5) is 0 Å². The molecule has 56 valence electrons. The molecule has 0 amide bonds. The molecular weight excluding hydrogens is 198 g/mol. The van der Waals surface area contributed by atoms with Crippen LogP contribution in [0.15, 0.2) is 10.1 Å². The van der Waals surface area contributed by atoms with E-state index in [2.05, 4.69) is 0 Å². The third-order valence-electron chi connectivity index (χ3n) is 1.21. The number of halogens is 3. The molecule has 0 aromatic heterocycles. The van der Waals surface area contributed by atoms with Crippen LogP contribution in [0.3, 0.4) is 0 Å². The van der Waals surface area contributed by atoms with Gasteiger partial charge in [-0.2, -0.15) is 0 Å². The van der Waals surface area contributed by atoms with E-state index >= 15 is 0 Å². The van der Waals surface area contributed by atoms with Crippen molar-refractivity contribution in [2.45, 2.75) is 11.5 Å². The fraction of sp³-hybridized carbons (Fsp3) is 0.400. The molecule has 1 N–H and O–H groups in total. The highest BCUT2D eigenvalue weighted by Gasteiger charge is 2.38. The van der Waals surface area contributed by atoms with Crippen LogP contribution in [0, 0.1) is 0 Å². The minimum Gasteiger partial charge on any atom is -0.385 e. The Balaban J connectivity index is 2.99. The fourth-order valence-electron chi connectivity index (χ4n) is 0.640. The predicted octanol–water partition coefficient (Wildman–Crippen LogP) is 1.23. The summed E-state index contributed by atoms with van der Waals surface area (Å²) in [6.45, 7) is 0. The van der Waals surface area contributed by atoms with Crippen molar-refractivity contribution in [2.75, 3.05) is 0 Å². The zero-order valence-corrected chi connectivity index (χ0v) is 6.91. The second-order valence-corrected chi connectivity index (χ2v) is 3.13. The van der Waals surface area contributed by atoms with Crippen LogP contribution >= 0.6 is 34.8 Å². The molecule has 1 aliphatic rings. The summed E-state index contributed by atoms with van der Waals surface area (Å²) in [7, 11) is 0. The highest BCUT2D eigenvalue weighted by molar-refractivity contribution is 6.55. The van der Waals surface area contributed by atoms with Crippen LogP contribution in [0.25, 0.3) is 0 Å². The van der Waals surface area contributed by atoms with Gasteiger partial charge in [0.05, 0.1) is 5.03 Å². The van der Waals surface area contributed by atoms with Crippen molar-refractivity contribution in [3.05, 3.63) is 10.1 Å². The van der Waals surface area contributed by atoms with Crippen LogP contribution in [-0.2, 0) is 4.79 Å². The zero-order chi connectivity index (χ0) is 7.89. The van der Waals surface area contributed by atoms with Crippen LogP contribution in [-0.4, -0.2) is 22.4 Å². The number of carbonyl (C=O) groups is 1. The molecule has 0 saturated carbocycles. The third kappa shape index (κ3) is 1.05. The SMILES string of the molecule is O=C1C(Cl)=C(Cl)C(O)C1Cl. The van der Waals surface area contributed by atoms with Gasteiger partial charge in [-0.25, -0.2) is 0 Å². The number of rotatable bonds is 0. The standard InChI is InChI=1S/C5H3Cl3O2/c6-1-2(7)5(10)3(8)4(1)9/h3-4,9H. The van der Waals surface area contributed by atoms with Crippen LogP contribution in [0.1, 0.15) is 0 Å². The van der Waals surface area contributed by atoms with E-state index in [1.54, 1.807) is 0 Å². The first-order valence-corrected chi connectivity index (χ1v) is 3.66. The number of carbonyl (C=O) groups excluding carboxylic acids is 1. The molecule has 1 rings (SSSR count). The zero-order valence-electron chi connectivity index (χ0n) is 4.64. The molecule has 0 spiro atoms. The Morgan fingerprint density at radius 2 is 1.90 bits per heavy atom. The number of ketones is 1. The average Bonchev–Trinajstić information content (AvgIpc) is 2.07. The number of Topliss-reactive ketones (excluding diaryl/α,β-unsaturated/α-hetero) is 1. The molecule has 0 aliphatic heterocycles. The third-order valence-corrected chi connectivity index (χ3v) is 2.55. The summed E-state index contributed by atoms with van der Waals surface area (Å²) in [5.74, 6) is -0.513. The first-order chi connectivity index (χ1) is 4.55. The lowest BCUT2D eigenvalue weighted by Crippen LogP contribution is -2.21. The predicted molar refractivity (Wildman–Crippen MR) is 39.4 cm³/mol. The summed E-state index contributed by atoms with van der Waals surface area (Å²) >= 11 is 16.1. The molecule has 0 radical (unpaired) electrons. The van der Waals surface area contributed by atoms with Gasteiger partial charge in [0.15, 0.2) is 5.78 Å². The van der Waals surface area contributed by atoms with E-state index in [0.29, 0.717) is 0 Å². The van der Waals surface area contributed by atoms with Crippen molar-refractivity contribution in [1.82, 2.24) is 0 Å². The van der Waals surface area contributed by atoms with Crippen molar-refractivity contribution in [2.24, 2.45) is 0 Å². The number of aliphatic hydroxyl groups is 1. The summed E-state index contributed by atoms with van der Waals surface area (Å²) < 4.78 is 0. The van der Waals surface area contributed by atoms with E-state index in [0.717, 1.165) is 0 Å². The molecule has 5 heteroatoms. The van der Waals surface area contributed by atoms with Crippen molar-refractivity contribution < 1.29 is 9.90 Å². The lowest BCUT2D eigenvalue weighted by Gasteiger charge is -2.02. The Labute approximate surface area is 72.4 Å². The van der Waals surface area contributed by atoms with E-state index in [9.17, 15) is 4.79 Å². The Hall–Kier alpha value is 0.240. The second kappa shape index (κ2) is 2.70. The van der Waals surface area contributed by atoms with Crippen molar-refractivity contribution in [3.63, 3.8) is 0 Å². The van der Waals surface area contributed by atoms with Gasteiger partial charge in [-0.15, -0.1) is 11.6 Å². The normalized spacial score (nSPS) is 33.8. The van der Waals surface area contributed by atoms with Gasteiger partial charge in [0.25, 0.3) is 0 Å². The van der Waals surface area contributed by atoms with Crippen molar-refractivity contribution in [3.8, 4) is 0 Å². The smallest absolute Gasteiger partial charge is 0.196 e. The molecule has 1 aliphatic carbocycles. The second-order valence-electron chi connectivity index (χ2n) is 1.87. The van der Waals surface area contributed by atoms with Crippen LogP contribution in [0.5, 0.6) is 0 Å². The van der Waals surface area contributed by atoms with E-state index in [1.807, 2.05) is 0 Å². The maximum Gasteiger partial charge on any atom is 0.196 e. The number of allylic oxidation sites excluding steroid dienone is 1. The molecule has 0 bridgehead atoms. The Kier molecular flexibility index (Phi) is 2.25. The largest absolute Gasteiger partial charge is 0.385 e. The molecule has 2 nitrogen and oxygen atoms in total. The number of hydrogen-bond donors (Lipinski definition) is 1. The van der Waals surface area contributed by atoms with Gasteiger partial charge < -0.3 is 5.11 Å². The number of alkyl halides is 1. The summed E-state index contributed by atoms with van der Waals surface area (Å²) in [6.07, 6.45) is -1.14. The summed E-state index contributed by atoms with van der Waals surface area (Å²) in [5.41, 5.74) is 0. The maximum absolute atomic E-state index is 10.8. The number of aliphatic hydroxyl groups excluding tert-OH is 1. The van der Waals surface area contributed by atoms with E-state index in [1.165, 1.54) is 0 Å². The first-order valence-electron chi connectivity index (χ1n) is 2.47. The Morgan fingerprint density at radius 1 is 1.40 bits per heavy atom. The van der Waals surface area contributed by atoms with E-state index in [-0.39, 0.29) is 10.1 Å². The lowest BCUT2D eigenvalue weighted by atomic mass is 10.3. The molecule has 0 aromatic carbocycles. The van der Waals surface area contributed by atoms with Gasteiger partial charge >= 0.3 is 0 Å². The van der Waals surface area contributed by atoms with Gasteiger partial charge in [0.2, 0.25) is 0 Å². The monoisotopic (exact) mass is 200 g/mol. The molecule has 0 fully saturated rings. The van der Waals surface area contributed by atoms with E-state index in [4.69, 9.17) is 39.9 Å². The lowest BCUT2D eigenvalue weighted by molar-refractivity contribution is -0.114. The minimum atomic E-state index is -1.14. The molecule has 0 aromatic rings. The molecule has 0 saturated heterocycles. The topological polar surface area (TPSA) is 37.3 Å². The first kappa shape index (κ1) is 8.34. The molecule has 2 atom stereocenters. The highest BCUT2D eigenvalue weighted by Crippen LogP contribution is 2.32. The molecule has 0 heterocycles. The van der Waals surface area contributed by atoms with Gasteiger partial charge in [0.1, 0.15) is 16.5 Å².